The highest BCUT2D eigenvalue weighted by molar-refractivity contribution is 7.93. The van der Waals surface area contributed by atoms with Gasteiger partial charge in [0.1, 0.15) is 6.54 Å². The van der Waals surface area contributed by atoms with Gasteiger partial charge in [0.15, 0.2) is 0 Å². The molecule has 2 heterocycles. The van der Waals surface area contributed by atoms with Gasteiger partial charge in [0, 0.05) is 5.92 Å². The summed E-state index contributed by atoms with van der Waals surface area (Å²) < 4.78 is 30.7. The van der Waals surface area contributed by atoms with E-state index in [1.807, 2.05) is 19.9 Å². The van der Waals surface area contributed by atoms with Crippen LogP contribution in [0.5, 0.6) is 0 Å². The van der Waals surface area contributed by atoms with E-state index >= 15 is 0 Å². The number of aromatic nitrogens is 6. The third kappa shape index (κ3) is 4.37. The van der Waals surface area contributed by atoms with Crippen molar-refractivity contribution >= 4 is 21.7 Å². The fraction of sp³-hybridized carbons (Fsp3) is 0.320. The van der Waals surface area contributed by atoms with Gasteiger partial charge in [-0.05, 0) is 86.2 Å². The van der Waals surface area contributed by atoms with E-state index in [0.29, 0.717) is 22.6 Å². The third-order valence-electron chi connectivity index (χ3n) is 6.84. The molecule has 11 nitrogen and oxygen atoms in total. The average Bonchev–Trinajstić information content (AvgIpc) is 3.35. The molecule has 1 aliphatic rings. The number of H-pyrrole nitrogens is 1. The Morgan fingerprint density at radius 1 is 1.14 bits per heavy atom. The number of rotatable bonds is 8. The van der Waals surface area contributed by atoms with Crippen LogP contribution in [-0.4, -0.2) is 56.4 Å². The molecular formula is C25H27N7O4S. The van der Waals surface area contributed by atoms with Gasteiger partial charge in [-0.15, -0.1) is 10.2 Å². The Labute approximate surface area is 214 Å². The minimum absolute atomic E-state index is 0.133. The molecule has 0 amide bonds. The Kier molecular flexibility index (Phi) is 6.06. The molecule has 2 N–H and O–H groups in total. The summed E-state index contributed by atoms with van der Waals surface area (Å²) in [6.07, 6.45) is 3.64. The van der Waals surface area contributed by atoms with Gasteiger partial charge in [-0.3, -0.25) is 9.10 Å². The molecule has 12 heteroatoms. The monoisotopic (exact) mass is 521 g/mol. The molecule has 0 spiro atoms. The number of sulfonamides is 1. The molecule has 0 aliphatic heterocycles. The summed E-state index contributed by atoms with van der Waals surface area (Å²) in [6, 6.07) is 8.68. The number of aromatic amines is 1. The first-order valence-corrected chi connectivity index (χ1v) is 13.3. The number of nitrogens with one attached hydrogen (secondary N) is 1. The van der Waals surface area contributed by atoms with Gasteiger partial charge in [-0.25, -0.2) is 13.1 Å². The second kappa shape index (κ2) is 9.11. The molecule has 2 aromatic carbocycles. The number of hydrogen-bond donors (Lipinski definition) is 2. The van der Waals surface area contributed by atoms with Gasteiger partial charge < -0.3 is 5.11 Å². The predicted molar refractivity (Wildman–Crippen MR) is 136 cm³/mol. The van der Waals surface area contributed by atoms with Crippen molar-refractivity contribution in [1.29, 1.82) is 0 Å². The maximum absolute atomic E-state index is 14.0. The minimum Gasteiger partial charge on any atom is -0.480 e. The van der Waals surface area contributed by atoms with Crippen molar-refractivity contribution in [1.82, 2.24) is 30.4 Å². The Morgan fingerprint density at radius 2 is 1.84 bits per heavy atom. The van der Waals surface area contributed by atoms with Crippen LogP contribution in [0.1, 0.15) is 46.7 Å². The summed E-state index contributed by atoms with van der Waals surface area (Å²) in [5.41, 5.74) is 5.34. The molecule has 4 aromatic rings. The van der Waals surface area contributed by atoms with Crippen LogP contribution in [0, 0.1) is 27.7 Å². The Morgan fingerprint density at radius 3 is 2.43 bits per heavy atom. The van der Waals surface area contributed by atoms with Gasteiger partial charge in [0.05, 0.1) is 33.7 Å². The summed E-state index contributed by atoms with van der Waals surface area (Å²) in [5, 5.41) is 28.5. The van der Waals surface area contributed by atoms with E-state index in [0.717, 1.165) is 39.5 Å². The number of carboxylic acid groups (broad SMARTS) is 1. The number of carbonyl (C=O) groups is 1. The van der Waals surface area contributed by atoms with Crippen molar-refractivity contribution in [2.45, 2.75) is 51.3 Å². The van der Waals surface area contributed by atoms with Crippen LogP contribution in [0.2, 0.25) is 0 Å². The van der Waals surface area contributed by atoms with E-state index in [4.69, 9.17) is 0 Å². The van der Waals surface area contributed by atoms with Crippen LogP contribution in [0.15, 0.2) is 41.4 Å². The molecule has 0 atom stereocenters. The minimum atomic E-state index is -4.21. The summed E-state index contributed by atoms with van der Waals surface area (Å²) >= 11 is 0. The number of tetrazole rings is 1. The highest BCUT2D eigenvalue weighted by Gasteiger charge is 2.34. The highest BCUT2D eigenvalue weighted by atomic mass is 32.2. The van der Waals surface area contributed by atoms with Crippen molar-refractivity contribution in [3.63, 3.8) is 0 Å². The number of carboxylic acids is 1. The van der Waals surface area contributed by atoms with E-state index < -0.39 is 22.5 Å². The normalized spacial score (nSPS) is 13.6. The summed E-state index contributed by atoms with van der Waals surface area (Å²) in [4.78, 5) is 12.0. The van der Waals surface area contributed by atoms with E-state index in [9.17, 15) is 18.3 Å². The number of nitrogens with zero attached hydrogens (tertiary/aromatic N) is 6. The Balaban J connectivity index is 1.64. The molecule has 2 aromatic heterocycles. The lowest BCUT2D eigenvalue weighted by atomic mass is 10.0. The lowest BCUT2D eigenvalue weighted by molar-refractivity contribution is -0.135. The number of aliphatic carboxylic acids is 1. The molecule has 5 rings (SSSR count). The second-order valence-electron chi connectivity index (χ2n) is 9.38. The van der Waals surface area contributed by atoms with Crippen LogP contribution in [0.4, 0.5) is 5.69 Å². The predicted octanol–water partition coefficient (Wildman–Crippen LogP) is 3.44. The fourth-order valence-corrected chi connectivity index (χ4v) is 6.64. The molecule has 0 radical (unpaired) electrons. The van der Waals surface area contributed by atoms with Crippen LogP contribution >= 0.6 is 0 Å². The maximum atomic E-state index is 14.0. The van der Waals surface area contributed by atoms with Crippen LogP contribution in [0.3, 0.4) is 0 Å². The van der Waals surface area contributed by atoms with Crippen molar-refractivity contribution in [2.24, 2.45) is 0 Å². The zero-order chi connectivity index (χ0) is 26.5. The largest absolute Gasteiger partial charge is 0.480 e. The molecule has 1 saturated carbocycles. The molecule has 0 unspecified atom stereocenters. The lowest BCUT2D eigenvalue weighted by Crippen LogP contribution is -2.36. The van der Waals surface area contributed by atoms with Gasteiger partial charge in [-0.1, -0.05) is 12.1 Å². The quantitative estimate of drug-likeness (QED) is 0.358. The summed E-state index contributed by atoms with van der Waals surface area (Å²) in [6.45, 7) is 6.47. The molecule has 0 bridgehead atoms. The van der Waals surface area contributed by atoms with Crippen LogP contribution in [0.25, 0.3) is 17.1 Å². The second-order valence-corrected chi connectivity index (χ2v) is 11.2. The highest BCUT2D eigenvalue weighted by Crippen LogP contribution is 2.44. The number of hydrogen-bond acceptors (Lipinski definition) is 7. The van der Waals surface area contributed by atoms with Crippen molar-refractivity contribution < 1.29 is 18.3 Å². The molecular weight excluding hydrogens is 494 g/mol. The number of anilines is 1. The van der Waals surface area contributed by atoms with E-state index in [1.165, 1.54) is 0 Å². The molecule has 37 heavy (non-hydrogen) atoms. The summed E-state index contributed by atoms with van der Waals surface area (Å²) in [5.74, 6) is -0.565. The lowest BCUT2D eigenvalue weighted by Gasteiger charge is -2.26. The zero-order valence-electron chi connectivity index (χ0n) is 20.9. The average molecular weight is 522 g/mol. The Hall–Kier alpha value is -4.06. The smallest absolute Gasteiger partial charge is 0.324 e. The molecule has 192 valence electrons. The standard InChI is InChI=1S/C25H27N7O4S/c1-14-10-15(2)17(4)24(16(14)3)37(35,36)31(13-22(33)34)19-6-5-7-20(11-19)32-23(18-8-9-18)21(12-26-32)25-27-29-30-28-25/h5-7,10-12,18H,8-9,13H2,1-4H3,(H,33,34)(H,27,28,29,30). The van der Waals surface area contributed by atoms with E-state index in [-0.39, 0.29) is 16.5 Å². The van der Waals surface area contributed by atoms with Gasteiger partial charge in [0.2, 0.25) is 5.82 Å². The zero-order valence-corrected chi connectivity index (χ0v) is 21.7. The van der Waals surface area contributed by atoms with Crippen LogP contribution in [-0.2, 0) is 14.8 Å². The van der Waals surface area contributed by atoms with E-state index in [2.05, 4.69) is 25.7 Å². The summed E-state index contributed by atoms with van der Waals surface area (Å²) in [7, 11) is -4.21. The van der Waals surface area contributed by atoms with E-state index in [1.54, 1.807) is 49.0 Å². The fourth-order valence-electron chi connectivity index (χ4n) is 4.66. The van der Waals surface area contributed by atoms with Crippen molar-refractivity contribution in [3.05, 3.63) is 64.5 Å². The SMILES string of the molecule is Cc1cc(C)c(C)c(S(=O)(=O)N(CC(=O)O)c2cccc(-n3ncc(-c4nn[nH]n4)c3C3CC3)c2)c1C. The van der Waals surface area contributed by atoms with Crippen LogP contribution < -0.4 is 4.31 Å². The molecule has 0 saturated heterocycles. The van der Waals surface area contributed by atoms with Crippen molar-refractivity contribution in [2.75, 3.05) is 10.8 Å². The van der Waals surface area contributed by atoms with Crippen molar-refractivity contribution in [3.8, 4) is 17.1 Å². The first kappa shape index (κ1) is 24.6. The topological polar surface area (TPSA) is 147 Å². The number of benzene rings is 2. The van der Waals surface area contributed by atoms with Gasteiger partial charge in [0.25, 0.3) is 10.0 Å². The van der Waals surface area contributed by atoms with Gasteiger partial charge >= 0.3 is 5.97 Å². The Bertz CT molecular complexity index is 1580. The molecule has 1 fully saturated rings. The first-order valence-electron chi connectivity index (χ1n) is 11.8. The molecule has 1 aliphatic carbocycles. The van der Waals surface area contributed by atoms with Gasteiger partial charge in [-0.2, -0.15) is 10.3 Å². The first-order chi connectivity index (χ1) is 17.6. The number of aryl methyl sites for hydroxylation is 2. The third-order valence-corrected chi connectivity index (χ3v) is 8.89. The maximum Gasteiger partial charge on any atom is 0.324 e.